The third-order valence-corrected chi connectivity index (χ3v) is 3.53. The number of hydrogen-bond acceptors (Lipinski definition) is 4. The molecule has 1 aromatic carbocycles. The summed E-state index contributed by atoms with van der Waals surface area (Å²) in [5.74, 6) is 0.218. The predicted octanol–water partition coefficient (Wildman–Crippen LogP) is 4.09. The number of aromatic nitrogens is 4. The maximum atomic E-state index is 12.8. The molecule has 0 unspecified atom stereocenters. The Kier molecular flexibility index (Phi) is 3.12. The van der Waals surface area contributed by atoms with Gasteiger partial charge in [-0.1, -0.05) is 0 Å². The van der Waals surface area contributed by atoms with Crippen molar-refractivity contribution in [1.29, 1.82) is 0 Å². The van der Waals surface area contributed by atoms with Crippen LogP contribution in [0.3, 0.4) is 0 Å². The summed E-state index contributed by atoms with van der Waals surface area (Å²) in [6.07, 6.45) is 3.67. The van der Waals surface area contributed by atoms with E-state index in [1.165, 1.54) is 6.07 Å². The number of alkyl halides is 3. The van der Waals surface area contributed by atoms with Crippen molar-refractivity contribution < 1.29 is 17.6 Å². The summed E-state index contributed by atoms with van der Waals surface area (Å²) in [5, 5.41) is 0. The van der Waals surface area contributed by atoms with Gasteiger partial charge in [0.2, 0.25) is 5.89 Å². The first-order chi connectivity index (χ1) is 11.5. The fraction of sp³-hybridized carbons (Fsp3) is 0.0625. The van der Waals surface area contributed by atoms with Gasteiger partial charge in [-0.05, 0) is 24.3 Å². The van der Waals surface area contributed by atoms with Crippen LogP contribution in [-0.4, -0.2) is 19.5 Å². The van der Waals surface area contributed by atoms with Crippen LogP contribution in [0.1, 0.15) is 5.56 Å². The topological polar surface area (TPSA) is 56.7 Å². The third kappa shape index (κ3) is 2.41. The van der Waals surface area contributed by atoms with Crippen LogP contribution in [0.15, 0.2) is 59.8 Å². The summed E-state index contributed by atoms with van der Waals surface area (Å²) in [6.45, 7) is 0. The molecule has 3 aromatic heterocycles. The van der Waals surface area contributed by atoms with Crippen LogP contribution in [0.25, 0.3) is 28.2 Å². The molecule has 0 aliphatic carbocycles. The molecule has 0 N–H and O–H groups in total. The second-order valence-corrected chi connectivity index (χ2v) is 5.06. The molecule has 0 aliphatic heterocycles. The van der Waals surface area contributed by atoms with E-state index >= 15 is 0 Å². The van der Waals surface area contributed by atoms with E-state index < -0.39 is 11.7 Å². The first-order valence-corrected chi connectivity index (χ1v) is 6.93. The maximum absolute atomic E-state index is 12.8. The Balaban J connectivity index is 1.86. The number of rotatable bonds is 2. The molecule has 4 aromatic rings. The number of imidazole rings is 1. The van der Waals surface area contributed by atoms with E-state index in [0.29, 0.717) is 11.3 Å². The van der Waals surface area contributed by atoms with Crippen molar-refractivity contribution in [3.8, 4) is 17.1 Å². The Morgan fingerprint density at radius 1 is 1.04 bits per heavy atom. The van der Waals surface area contributed by atoms with E-state index in [1.54, 1.807) is 41.7 Å². The molecule has 3 heterocycles. The van der Waals surface area contributed by atoms with E-state index in [4.69, 9.17) is 4.42 Å². The van der Waals surface area contributed by atoms with Crippen molar-refractivity contribution in [3.63, 3.8) is 0 Å². The standard InChI is InChI=1S/C16H9F3N4O/c17-16(18,19)10-1-2-14-12(7-10)22-15(24-14)11-3-4-20-8-13(11)23-6-5-21-9-23/h1-9H. The van der Waals surface area contributed by atoms with Crippen molar-refractivity contribution in [2.24, 2.45) is 0 Å². The molecule has 8 heteroatoms. The Morgan fingerprint density at radius 3 is 2.67 bits per heavy atom. The van der Waals surface area contributed by atoms with Gasteiger partial charge < -0.3 is 8.98 Å². The van der Waals surface area contributed by atoms with Gasteiger partial charge in [-0.25, -0.2) is 9.97 Å². The summed E-state index contributed by atoms with van der Waals surface area (Å²) in [7, 11) is 0. The zero-order chi connectivity index (χ0) is 16.7. The highest BCUT2D eigenvalue weighted by Gasteiger charge is 2.31. The number of hydrogen-bond donors (Lipinski definition) is 0. The highest BCUT2D eigenvalue weighted by atomic mass is 19.4. The quantitative estimate of drug-likeness (QED) is 0.555. The number of benzene rings is 1. The molecule has 120 valence electrons. The van der Waals surface area contributed by atoms with Crippen LogP contribution in [-0.2, 0) is 6.18 Å². The van der Waals surface area contributed by atoms with Gasteiger partial charge in [0.25, 0.3) is 0 Å². The predicted molar refractivity (Wildman–Crippen MR) is 79.4 cm³/mol. The first-order valence-electron chi connectivity index (χ1n) is 6.93. The lowest BCUT2D eigenvalue weighted by Gasteiger charge is -2.05. The van der Waals surface area contributed by atoms with Gasteiger partial charge in [0.15, 0.2) is 5.58 Å². The minimum Gasteiger partial charge on any atom is -0.436 e. The molecule has 0 bridgehead atoms. The molecule has 24 heavy (non-hydrogen) atoms. The lowest BCUT2D eigenvalue weighted by molar-refractivity contribution is -0.137. The Bertz CT molecular complexity index is 1010. The minimum absolute atomic E-state index is 0.146. The Morgan fingerprint density at radius 2 is 1.92 bits per heavy atom. The van der Waals surface area contributed by atoms with Gasteiger partial charge in [-0.3, -0.25) is 4.98 Å². The lowest BCUT2D eigenvalue weighted by atomic mass is 10.2. The van der Waals surface area contributed by atoms with Gasteiger partial charge in [0, 0.05) is 18.6 Å². The molecule has 0 fully saturated rings. The SMILES string of the molecule is FC(F)(F)c1ccc2oc(-c3ccncc3-n3ccnc3)nc2c1. The summed E-state index contributed by atoms with van der Waals surface area (Å²) < 4.78 is 45.8. The van der Waals surface area contributed by atoms with E-state index in [0.717, 1.165) is 12.1 Å². The highest BCUT2D eigenvalue weighted by molar-refractivity contribution is 5.78. The smallest absolute Gasteiger partial charge is 0.416 e. The fourth-order valence-corrected chi connectivity index (χ4v) is 2.39. The monoisotopic (exact) mass is 330 g/mol. The van der Waals surface area contributed by atoms with Crippen LogP contribution in [0.5, 0.6) is 0 Å². The molecule has 0 radical (unpaired) electrons. The zero-order valence-corrected chi connectivity index (χ0v) is 12.0. The molecular formula is C16H9F3N4O. The van der Waals surface area contributed by atoms with Crippen LogP contribution >= 0.6 is 0 Å². The van der Waals surface area contributed by atoms with E-state index in [1.807, 2.05) is 0 Å². The second-order valence-electron chi connectivity index (χ2n) is 5.06. The number of halogens is 3. The molecule has 0 saturated carbocycles. The average molecular weight is 330 g/mol. The number of oxazole rings is 1. The van der Waals surface area contributed by atoms with Crippen molar-refractivity contribution in [3.05, 3.63) is 60.9 Å². The Labute approximate surface area is 133 Å². The molecule has 0 atom stereocenters. The van der Waals surface area contributed by atoms with Gasteiger partial charge in [-0.2, -0.15) is 13.2 Å². The first kappa shape index (κ1) is 14.4. The molecule has 0 spiro atoms. The average Bonchev–Trinajstić information content (AvgIpc) is 3.22. The van der Waals surface area contributed by atoms with Crippen molar-refractivity contribution in [2.45, 2.75) is 6.18 Å². The molecule has 0 amide bonds. The summed E-state index contributed by atoms with van der Waals surface area (Å²) in [6, 6.07) is 4.90. The van der Waals surface area contributed by atoms with Crippen LogP contribution in [0.4, 0.5) is 13.2 Å². The van der Waals surface area contributed by atoms with Crippen LogP contribution in [0, 0.1) is 0 Å². The fourth-order valence-electron chi connectivity index (χ4n) is 2.39. The van der Waals surface area contributed by atoms with Gasteiger partial charge in [0.05, 0.1) is 29.3 Å². The van der Waals surface area contributed by atoms with E-state index in [-0.39, 0.29) is 17.0 Å². The summed E-state index contributed by atoms with van der Waals surface area (Å²) >= 11 is 0. The van der Waals surface area contributed by atoms with E-state index in [2.05, 4.69) is 15.0 Å². The summed E-state index contributed by atoms with van der Waals surface area (Å²) in [4.78, 5) is 12.2. The third-order valence-electron chi connectivity index (χ3n) is 3.53. The molecule has 5 nitrogen and oxygen atoms in total. The Hall–Kier alpha value is -3.16. The van der Waals surface area contributed by atoms with Crippen molar-refractivity contribution in [1.82, 2.24) is 19.5 Å². The largest absolute Gasteiger partial charge is 0.436 e. The number of nitrogens with zero attached hydrogens (tertiary/aromatic N) is 4. The zero-order valence-electron chi connectivity index (χ0n) is 12.0. The van der Waals surface area contributed by atoms with Crippen LogP contribution < -0.4 is 0 Å². The second kappa shape index (κ2) is 5.19. The molecule has 4 rings (SSSR count). The van der Waals surface area contributed by atoms with Crippen molar-refractivity contribution in [2.75, 3.05) is 0 Å². The maximum Gasteiger partial charge on any atom is 0.416 e. The van der Waals surface area contributed by atoms with Gasteiger partial charge in [-0.15, -0.1) is 0 Å². The van der Waals surface area contributed by atoms with Gasteiger partial charge in [0.1, 0.15) is 5.52 Å². The van der Waals surface area contributed by atoms with Crippen LogP contribution in [0.2, 0.25) is 0 Å². The highest BCUT2D eigenvalue weighted by Crippen LogP contribution is 2.33. The molecule has 0 saturated heterocycles. The number of pyridine rings is 1. The van der Waals surface area contributed by atoms with E-state index in [9.17, 15) is 13.2 Å². The number of fused-ring (bicyclic) bond motifs is 1. The normalized spacial score (nSPS) is 12.0. The van der Waals surface area contributed by atoms with Crippen molar-refractivity contribution >= 4 is 11.1 Å². The minimum atomic E-state index is -4.42. The molecule has 0 aliphatic rings. The molecular weight excluding hydrogens is 321 g/mol. The summed E-state index contributed by atoms with van der Waals surface area (Å²) in [5.41, 5.74) is 0.935. The van der Waals surface area contributed by atoms with Gasteiger partial charge >= 0.3 is 6.18 Å². The lowest BCUT2D eigenvalue weighted by Crippen LogP contribution is -2.03.